The number of methoxy groups -OCH3 is 1. The summed E-state index contributed by atoms with van der Waals surface area (Å²) < 4.78 is 13.6. The summed E-state index contributed by atoms with van der Waals surface area (Å²) in [6.45, 7) is 3.77. The van der Waals surface area contributed by atoms with Crippen LogP contribution in [0.2, 0.25) is 0 Å². The van der Waals surface area contributed by atoms with Crippen molar-refractivity contribution < 1.29 is 19.1 Å². The molecule has 176 valence electrons. The molecule has 33 heavy (non-hydrogen) atoms. The molecule has 4 rings (SSSR count). The molecule has 3 aromatic rings. The third-order valence-electron chi connectivity index (χ3n) is 5.88. The smallest absolute Gasteiger partial charge is 0.343 e. The Morgan fingerprint density at radius 2 is 1.58 bits per heavy atom. The van der Waals surface area contributed by atoms with E-state index in [1.54, 1.807) is 28.8 Å². The van der Waals surface area contributed by atoms with Crippen LogP contribution in [0.4, 0.5) is 0 Å². The van der Waals surface area contributed by atoms with Crippen molar-refractivity contribution in [3.05, 3.63) is 59.7 Å². The molecular formula is C24H29BrN4O4. The van der Waals surface area contributed by atoms with E-state index in [4.69, 9.17) is 10.1 Å². The first-order valence-corrected chi connectivity index (χ1v) is 10.8. The van der Waals surface area contributed by atoms with Crippen LogP contribution in [0.3, 0.4) is 0 Å². The monoisotopic (exact) mass is 516 g/mol. The third-order valence-corrected chi connectivity index (χ3v) is 5.88. The number of halogens is 1. The Morgan fingerprint density at radius 1 is 0.939 bits per heavy atom. The van der Waals surface area contributed by atoms with Gasteiger partial charge >= 0.3 is 5.97 Å². The minimum absolute atomic E-state index is 0. The number of nitrogens with one attached hydrogen (secondary N) is 1. The van der Waals surface area contributed by atoms with E-state index < -0.39 is 5.97 Å². The predicted molar refractivity (Wildman–Crippen MR) is 130 cm³/mol. The number of hydrogen-bond donors (Lipinski definition) is 1. The van der Waals surface area contributed by atoms with Gasteiger partial charge in [-0.15, -0.1) is 17.0 Å². The largest absolute Gasteiger partial charge is 0.482 e. The summed E-state index contributed by atoms with van der Waals surface area (Å²) in [6.07, 6.45) is 2.47. The van der Waals surface area contributed by atoms with Crippen LogP contribution in [0, 0.1) is 5.41 Å². The second kappa shape index (κ2) is 11.3. The van der Waals surface area contributed by atoms with Crippen molar-refractivity contribution in [2.75, 3.05) is 33.4 Å². The van der Waals surface area contributed by atoms with Gasteiger partial charge in [-0.25, -0.2) is 4.79 Å². The maximum Gasteiger partial charge on any atom is 0.343 e. The number of Topliss-reactive ketones (excluding diaryl/α,β-unsaturated/α-hetero) is 1. The molecule has 0 aliphatic carbocycles. The Bertz CT molecular complexity index is 1160. The van der Waals surface area contributed by atoms with E-state index in [0.29, 0.717) is 16.9 Å². The van der Waals surface area contributed by atoms with Gasteiger partial charge in [0.05, 0.1) is 24.7 Å². The Labute approximate surface area is 203 Å². The highest BCUT2D eigenvalue weighted by atomic mass is 79.9. The number of carbonyl (C=O) groups is 2. The van der Waals surface area contributed by atoms with Gasteiger partial charge in [-0.1, -0.05) is 12.1 Å². The lowest BCUT2D eigenvalue weighted by Gasteiger charge is -2.15. The number of carbonyl (C=O) groups excluding carboxylic acids is 2. The fraction of sp³-hybridized carbons (Fsp3) is 0.375. The molecule has 0 bridgehead atoms. The minimum Gasteiger partial charge on any atom is -0.482 e. The number of para-hydroxylation sites is 2. The number of hydrogen-bond acceptors (Lipinski definition) is 6. The van der Waals surface area contributed by atoms with Crippen LogP contribution in [-0.2, 0) is 22.6 Å². The number of aromatic nitrogens is 2. The molecule has 0 amide bonds. The van der Waals surface area contributed by atoms with Gasteiger partial charge in [0, 0.05) is 18.7 Å². The van der Waals surface area contributed by atoms with Crippen molar-refractivity contribution in [3.8, 4) is 5.75 Å². The maximum atomic E-state index is 13.0. The molecule has 9 heteroatoms. The van der Waals surface area contributed by atoms with Crippen molar-refractivity contribution in [2.24, 2.45) is 0 Å². The van der Waals surface area contributed by atoms with Gasteiger partial charge in [-0.05, 0) is 62.3 Å². The molecule has 1 saturated heterocycles. The first-order valence-electron chi connectivity index (χ1n) is 10.8. The van der Waals surface area contributed by atoms with Crippen molar-refractivity contribution >= 4 is 39.8 Å². The highest BCUT2D eigenvalue weighted by Gasteiger charge is 2.17. The lowest BCUT2D eigenvalue weighted by molar-refractivity contribution is -0.142. The normalized spacial score (nSPS) is 13.6. The molecule has 1 aliphatic heterocycles. The number of benzene rings is 2. The number of esters is 1. The van der Waals surface area contributed by atoms with Crippen LogP contribution in [0.15, 0.2) is 48.5 Å². The molecule has 1 N–H and O–H groups in total. The predicted octanol–water partition coefficient (Wildman–Crippen LogP) is 3.03. The van der Waals surface area contributed by atoms with Crippen LogP contribution < -0.4 is 10.4 Å². The Morgan fingerprint density at radius 3 is 2.21 bits per heavy atom. The second-order valence-electron chi connectivity index (χ2n) is 7.91. The number of rotatable bonds is 9. The van der Waals surface area contributed by atoms with Crippen molar-refractivity contribution in [3.63, 3.8) is 0 Å². The number of nitrogens with zero attached hydrogens (tertiary/aromatic N) is 3. The highest BCUT2D eigenvalue weighted by Crippen LogP contribution is 2.17. The molecule has 2 heterocycles. The van der Waals surface area contributed by atoms with Gasteiger partial charge in [0.15, 0.2) is 12.4 Å². The van der Waals surface area contributed by atoms with E-state index in [1.165, 1.54) is 20.0 Å². The van der Waals surface area contributed by atoms with Gasteiger partial charge in [-0.2, -0.15) is 0 Å². The zero-order valence-corrected chi connectivity index (χ0v) is 20.4. The number of ether oxygens (including phenoxy) is 2. The van der Waals surface area contributed by atoms with E-state index >= 15 is 0 Å². The average Bonchev–Trinajstić information content (AvgIpc) is 3.43. The molecule has 1 fully saturated rings. The lowest BCUT2D eigenvalue weighted by Crippen LogP contribution is -2.31. The zero-order chi connectivity index (χ0) is 22.5. The Kier molecular flexibility index (Phi) is 8.46. The van der Waals surface area contributed by atoms with Gasteiger partial charge < -0.3 is 23.5 Å². The van der Waals surface area contributed by atoms with Crippen LogP contribution in [-0.4, -0.2) is 59.1 Å². The molecule has 0 saturated carbocycles. The highest BCUT2D eigenvalue weighted by molar-refractivity contribution is 8.93. The van der Waals surface area contributed by atoms with E-state index in [0.717, 1.165) is 37.2 Å². The average molecular weight is 517 g/mol. The SMILES string of the molecule is Br.COC(=O)COc1ccc(C(=O)Cn2c(=N)n(CCN3CCCC3)c3ccccc32)cc1. The number of likely N-dealkylation sites (tertiary alicyclic amines) is 1. The summed E-state index contributed by atoms with van der Waals surface area (Å²) in [5.41, 5.74) is 2.70. The molecule has 0 spiro atoms. The van der Waals surface area contributed by atoms with Gasteiger partial charge in [-0.3, -0.25) is 10.2 Å². The van der Waals surface area contributed by atoms with Gasteiger partial charge in [0.1, 0.15) is 5.75 Å². The zero-order valence-electron chi connectivity index (χ0n) is 18.7. The van der Waals surface area contributed by atoms with E-state index in [-0.39, 0.29) is 35.9 Å². The summed E-state index contributed by atoms with van der Waals surface area (Å²) >= 11 is 0. The lowest BCUT2D eigenvalue weighted by atomic mass is 10.1. The minimum atomic E-state index is -0.467. The third kappa shape index (κ3) is 5.72. The Balaban J connectivity index is 0.00000306. The van der Waals surface area contributed by atoms with E-state index in [1.807, 2.05) is 28.8 Å². The van der Waals surface area contributed by atoms with Crippen LogP contribution in [0.1, 0.15) is 23.2 Å². The molecular weight excluding hydrogens is 488 g/mol. The van der Waals surface area contributed by atoms with Crippen molar-refractivity contribution in [2.45, 2.75) is 25.9 Å². The van der Waals surface area contributed by atoms with E-state index in [2.05, 4.69) is 9.64 Å². The Hall–Kier alpha value is -2.91. The fourth-order valence-corrected chi connectivity index (χ4v) is 4.10. The van der Waals surface area contributed by atoms with Crippen molar-refractivity contribution in [1.29, 1.82) is 5.41 Å². The number of imidazole rings is 1. The number of fused-ring (bicyclic) bond motifs is 1. The topological polar surface area (TPSA) is 89.5 Å². The summed E-state index contributed by atoms with van der Waals surface area (Å²) in [6, 6.07) is 14.5. The molecule has 2 aromatic carbocycles. The summed E-state index contributed by atoms with van der Waals surface area (Å²) in [4.78, 5) is 26.6. The second-order valence-corrected chi connectivity index (χ2v) is 7.91. The summed E-state index contributed by atoms with van der Waals surface area (Å²) in [7, 11) is 1.30. The first-order chi connectivity index (χ1) is 15.6. The molecule has 0 radical (unpaired) electrons. The summed E-state index contributed by atoms with van der Waals surface area (Å²) in [5, 5.41) is 8.74. The van der Waals surface area contributed by atoms with Crippen LogP contribution in [0.5, 0.6) is 5.75 Å². The molecule has 1 aromatic heterocycles. The standard InChI is InChI=1S/C24H28N4O4.BrH/c1-31-23(30)17-32-19-10-8-18(9-11-19)22(29)16-28-21-7-3-2-6-20(21)27(24(28)25)15-14-26-12-4-5-13-26;/h2-3,6-11,25H,4-5,12-17H2,1H3;1H. The fourth-order valence-electron chi connectivity index (χ4n) is 4.10. The number of ketones is 1. The molecule has 1 aliphatic rings. The molecule has 0 atom stereocenters. The van der Waals surface area contributed by atoms with Gasteiger partial charge in [0.25, 0.3) is 0 Å². The molecule has 0 unspecified atom stereocenters. The van der Waals surface area contributed by atoms with Crippen LogP contribution >= 0.6 is 17.0 Å². The maximum absolute atomic E-state index is 13.0. The molecule has 8 nitrogen and oxygen atoms in total. The quantitative estimate of drug-likeness (QED) is 0.348. The van der Waals surface area contributed by atoms with Crippen LogP contribution in [0.25, 0.3) is 11.0 Å². The van der Waals surface area contributed by atoms with Crippen molar-refractivity contribution in [1.82, 2.24) is 14.0 Å². The first kappa shape index (κ1) is 24.7. The summed E-state index contributed by atoms with van der Waals surface area (Å²) in [5.74, 6) is -0.0737. The van der Waals surface area contributed by atoms with Gasteiger partial charge in [0.2, 0.25) is 5.62 Å². The van der Waals surface area contributed by atoms with E-state index in [9.17, 15) is 9.59 Å².